The molecular formula is C29H21N3. The molecule has 3 nitrogen and oxygen atoms in total. The van der Waals surface area contributed by atoms with Crippen LogP contribution in [0.4, 0.5) is 0 Å². The molecular weight excluding hydrogens is 390 g/mol. The van der Waals surface area contributed by atoms with E-state index in [4.69, 9.17) is 0 Å². The zero-order valence-electron chi connectivity index (χ0n) is 18.0. The van der Waals surface area contributed by atoms with Gasteiger partial charge in [0.1, 0.15) is 0 Å². The highest BCUT2D eigenvalue weighted by Gasteiger charge is 2.35. The van der Waals surface area contributed by atoms with Crippen LogP contribution in [0.5, 0.6) is 0 Å². The molecule has 0 bridgehead atoms. The normalized spacial score (nSPS) is 14.2. The minimum Gasteiger partial charge on any atom is -0.277 e. The summed E-state index contributed by atoms with van der Waals surface area (Å²) in [7, 11) is 0. The average molecular weight is 412 g/mol. The summed E-state index contributed by atoms with van der Waals surface area (Å²) in [5, 5.41) is 4.93. The Morgan fingerprint density at radius 1 is 0.656 bits per heavy atom. The van der Waals surface area contributed by atoms with Crippen molar-refractivity contribution in [1.82, 2.24) is 14.5 Å². The van der Waals surface area contributed by atoms with Gasteiger partial charge in [-0.25, -0.2) is 9.97 Å². The first-order valence-electron chi connectivity index (χ1n) is 11.0. The molecule has 0 amide bonds. The third-order valence-electron chi connectivity index (χ3n) is 7.10. The van der Waals surface area contributed by atoms with Crippen LogP contribution in [0.25, 0.3) is 49.7 Å². The number of hydrogen-bond acceptors (Lipinski definition) is 2. The third-order valence-corrected chi connectivity index (χ3v) is 7.10. The van der Waals surface area contributed by atoms with E-state index in [0.29, 0.717) is 5.95 Å². The van der Waals surface area contributed by atoms with E-state index in [1.54, 1.807) is 0 Å². The number of para-hydroxylation sites is 1. The molecule has 32 heavy (non-hydrogen) atoms. The fourth-order valence-corrected chi connectivity index (χ4v) is 5.59. The lowest BCUT2D eigenvalue weighted by molar-refractivity contribution is 0.661. The van der Waals surface area contributed by atoms with Crippen LogP contribution in [-0.2, 0) is 5.41 Å². The highest BCUT2D eigenvalue weighted by molar-refractivity contribution is 6.19. The highest BCUT2D eigenvalue weighted by atomic mass is 15.1. The Morgan fingerprint density at radius 3 is 2.31 bits per heavy atom. The van der Waals surface area contributed by atoms with Crippen molar-refractivity contribution >= 4 is 32.6 Å². The standard InChI is InChI=1S/C29H21N3/c1-29(2)24-10-5-3-8-19(24)23-17-22-18(16-25(23)29)12-13-21-20-9-4-6-11-26(20)32(27(21)22)28-30-14-7-15-31-28/h3-17H,1-2H3. The van der Waals surface area contributed by atoms with Crippen molar-refractivity contribution in [2.24, 2.45) is 0 Å². The lowest BCUT2D eigenvalue weighted by Gasteiger charge is -2.21. The van der Waals surface area contributed by atoms with Crippen LogP contribution in [0, 0.1) is 0 Å². The zero-order chi connectivity index (χ0) is 21.4. The molecule has 0 unspecified atom stereocenters. The van der Waals surface area contributed by atoms with Gasteiger partial charge in [0.2, 0.25) is 5.95 Å². The fraction of sp³-hybridized carbons (Fsp3) is 0.103. The van der Waals surface area contributed by atoms with Gasteiger partial charge >= 0.3 is 0 Å². The van der Waals surface area contributed by atoms with E-state index < -0.39 is 0 Å². The lowest BCUT2D eigenvalue weighted by Crippen LogP contribution is -2.14. The fourth-order valence-electron chi connectivity index (χ4n) is 5.59. The van der Waals surface area contributed by atoms with Crippen LogP contribution in [0.2, 0.25) is 0 Å². The van der Waals surface area contributed by atoms with E-state index in [9.17, 15) is 0 Å². The van der Waals surface area contributed by atoms with E-state index in [0.717, 1.165) is 5.52 Å². The smallest absolute Gasteiger partial charge is 0.234 e. The molecule has 0 saturated heterocycles. The molecule has 0 spiro atoms. The lowest BCUT2D eigenvalue weighted by atomic mass is 9.82. The monoisotopic (exact) mass is 411 g/mol. The minimum absolute atomic E-state index is 0.00960. The van der Waals surface area contributed by atoms with Crippen molar-refractivity contribution in [2.75, 3.05) is 0 Å². The predicted octanol–water partition coefficient (Wildman–Crippen LogP) is 7.03. The molecule has 0 aliphatic heterocycles. The molecule has 4 aromatic carbocycles. The molecule has 6 aromatic rings. The SMILES string of the molecule is CC1(C)c2ccccc2-c2cc3c(ccc4c5ccccc5n(-c5ncccn5)c34)cc21. The van der Waals surface area contributed by atoms with Gasteiger partial charge < -0.3 is 0 Å². The van der Waals surface area contributed by atoms with Crippen molar-refractivity contribution in [3.63, 3.8) is 0 Å². The molecule has 0 fully saturated rings. The second-order valence-electron chi connectivity index (χ2n) is 9.15. The largest absolute Gasteiger partial charge is 0.277 e. The van der Waals surface area contributed by atoms with E-state index in [2.05, 4.69) is 101 Å². The van der Waals surface area contributed by atoms with Crippen molar-refractivity contribution < 1.29 is 0 Å². The summed E-state index contributed by atoms with van der Waals surface area (Å²) in [6, 6.07) is 28.5. The van der Waals surface area contributed by atoms with Gasteiger partial charge in [0, 0.05) is 34.0 Å². The summed E-state index contributed by atoms with van der Waals surface area (Å²) >= 11 is 0. The summed E-state index contributed by atoms with van der Waals surface area (Å²) in [6.07, 6.45) is 3.62. The zero-order valence-corrected chi connectivity index (χ0v) is 18.0. The number of rotatable bonds is 1. The van der Waals surface area contributed by atoms with Gasteiger partial charge in [0.25, 0.3) is 0 Å². The van der Waals surface area contributed by atoms with Gasteiger partial charge in [-0.15, -0.1) is 0 Å². The van der Waals surface area contributed by atoms with Gasteiger partial charge in [-0.3, -0.25) is 4.57 Å². The van der Waals surface area contributed by atoms with Gasteiger partial charge in [-0.05, 0) is 51.9 Å². The van der Waals surface area contributed by atoms with Crippen LogP contribution in [0.15, 0.2) is 91.3 Å². The average Bonchev–Trinajstić information content (AvgIpc) is 3.29. The third kappa shape index (κ3) is 2.15. The maximum Gasteiger partial charge on any atom is 0.234 e. The Labute approximate surface area is 186 Å². The Kier molecular flexibility index (Phi) is 3.34. The molecule has 1 aliphatic rings. The first-order valence-corrected chi connectivity index (χ1v) is 11.0. The van der Waals surface area contributed by atoms with Crippen molar-refractivity contribution in [2.45, 2.75) is 19.3 Å². The summed E-state index contributed by atoms with van der Waals surface area (Å²) in [5.41, 5.74) is 7.74. The van der Waals surface area contributed by atoms with Crippen LogP contribution >= 0.6 is 0 Å². The van der Waals surface area contributed by atoms with Crippen LogP contribution < -0.4 is 0 Å². The van der Waals surface area contributed by atoms with Crippen molar-refractivity contribution in [3.05, 3.63) is 102 Å². The van der Waals surface area contributed by atoms with Crippen LogP contribution in [0.3, 0.4) is 0 Å². The molecule has 3 heteroatoms. The summed E-state index contributed by atoms with van der Waals surface area (Å²) in [5.74, 6) is 0.701. The summed E-state index contributed by atoms with van der Waals surface area (Å²) < 4.78 is 2.21. The second-order valence-corrected chi connectivity index (χ2v) is 9.15. The highest BCUT2D eigenvalue weighted by Crippen LogP contribution is 2.50. The van der Waals surface area contributed by atoms with Gasteiger partial charge in [0.05, 0.1) is 11.0 Å². The second kappa shape index (κ2) is 6.04. The summed E-state index contributed by atoms with van der Waals surface area (Å²) in [6.45, 7) is 4.66. The number of aromatic nitrogens is 3. The Morgan fingerprint density at radius 2 is 1.44 bits per heavy atom. The van der Waals surface area contributed by atoms with Gasteiger partial charge in [-0.2, -0.15) is 0 Å². The number of nitrogens with zero attached hydrogens (tertiary/aromatic N) is 3. The molecule has 2 aromatic heterocycles. The molecule has 0 radical (unpaired) electrons. The number of hydrogen-bond donors (Lipinski definition) is 0. The van der Waals surface area contributed by atoms with Gasteiger partial charge in [-0.1, -0.05) is 68.4 Å². The molecule has 0 saturated carbocycles. The van der Waals surface area contributed by atoms with E-state index in [-0.39, 0.29) is 5.41 Å². The predicted molar refractivity (Wildman–Crippen MR) is 131 cm³/mol. The van der Waals surface area contributed by atoms with Crippen molar-refractivity contribution in [1.29, 1.82) is 0 Å². The Hall–Kier alpha value is -3.98. The quantitative estimate of drug-likeness (QED) is 0.291. The Balaban J connectivity index is 1.69. The van der Waals surface area contributed by atoms with Crippen LogP contribution in [-0.4, -0.2) is 14.5 Å². The molecule has 0 N–H and O–H groups in total. The topological polar surface area (TPSA) is 30.7 Å². The van der Waals surface area contributed by atoms with E-state index in [1.807, 2.05) is 18.5 Å². The molecule has 2 heterocycles. The molecule has 152 valence electrons. The summed E-state index contributed by atoms with van der Waals surface area (Å²) in [4.78, 5) is 9.22. The first kappa shape index (κ1) is 17.7. The number of benzene rings is 4. The van der Waals surface area contributed by atoms with E-state index >= 15 is 0 Å². The Bertz CT molecular complexity index is 1690. The number of fused-ring (bicyclic) bond motifs is 8. The minimum atomic E-state index is -0.00960. The molecule has 1 aliphatic carbocycles. The first-order chi connectivity index (χ1) is 15.6. The maximum absolute atomic E-state index is 4.61. The van der Waals surface area contributed by atoms with Crippen molar-refractivity contribution in [3.8, 4) is 17.1 Å². The molecule has 7 rings (SSSR count). The van der Waals surface area contributed by atoms with Crippen LogP contribution in [0.1, 0.15) is 25.0 Å². The molecule has 0 atom stereocenters. The maximum atomic E-state index is 4.61. The van der Waals surface area contributed by atoms with E-state index in [1.165, 1.54) is 49.3 Å². The van der Waals surface area contributed by atoms with Gasteiger partial charge in [0.15, 0.2) is 0 Å².